The highest BCUT2D eigenvalue weighted by molar-refractivity contribution is 6.18. The first-order valence-electron chi connectivity index (χ1n) is 9.59. The van der Waals surface area contributed by atoms with Gasteiger partial charge in [-0.2, -0.15) is 0 Å². The summed E-state index contributed by atoms with van der Waals surface area (Å²) in [6.45, 7) is 1.89. The Hall–Kier alpha value is -4.32. The number of carbonyl (C=O) groups is 2. The number of nitrogens with zero attached hydrogens (tertiary/aromatic N) is 2. The third-order valence-electron chi connectivity index (χ3n) is 4.56. The summed E-state index contributed by atoms with van der Waals surface area (Å²) in [5, 5.41) is 9.67. The lowest BCUT2D eigenvalue weighted by molar-refractivity contribution is 0.0508. The van der Waals surface area contributed by atoms with Gasteiger partial charge in [0.25, 0.3) is 0 Å². The van der Waals surface area contributed by atoms with Gasteiger partial charge in [0.15, 0.2) is 0 Å². The highest BCUT2D eigenvalue weighted by atomic mass is 16.7. The number of carbonyl (C=O) groups excluding carboxylic acids is 2. The van der Waals surface area contributed by atoms with Crippen LogP contribution in [0.25, 0.3) is 10.8 Å². The average Bonchev–Trinajstić information content (AvgIpc) is 2.81. The van der Waals surface area contributed by atoms with Crippen molar-refractivity contribution in [2.75, 3.05) is 0 Å². The maximum absolute atomic E-state index is 12.3. The molecule has 31 heavy (non-hydrogen) atoms. The van der Waals surface area contributed by atoms with Crippen molar-refractivity contribution in [1.29, 1.82) is 0 Å². The Morgan fingerprint density at radius 3 is 1.84 bits per heavy atom. The molecular formula is C25H18N2O4. The van der Waals surface area contributed by atoms with Crippen molar-refractivity contribution in [2.24, 2.45) is 10.3 Å². The van der Waals surface area contributed by atoms with Crippen LogP contribution in [-0.2, 0) is 9.68 Å². The number of hydrogen-bond acceptors (Lipinski definition) is 6. The second-order valence-electron chi connectivity index (χ2n) is 6.89. The molecule has 0 aromatic heterocycles. The van der Waals surface area contributed by atoms with E-state index in [9.17, 15) is 9.59 Å². The van der Waals surface area contributed by atoms with Gasteiger partial charge in [0.1, 0.15) is 11.4 Å². The van der Waals surface area contributed by atoms with Crippen LogP contribution in [0.2, 0.25) is 0 Å². The minimum atomic E-state index is -0.549. The largest absolute Gasteiger partial charge is 0.365 e. The first kappa shape index (κ1) is 20.0. The van der Waals surface area contributed by atoms with Gasteiger partial charge in [-0.25, -0.2) is 9.59 Å². The van der Waals surface area contributed by atoms with Crippen LogP contribution in [0.3, 0.4) is 0 Å². The number of rotatable bonds is 4. The lowest BCUT2D eigenvalue weighted by Gasteiger charge is -2.04. The first-order chi connectivity index (χ1) is 15.1. The Bertz CT molecular complexity index is 1270. The van der Waals surface area contributed by atoms with E-state index >= 15 is 0 Å². The van der Waals surface area contributed by atoms with E-state index in [1.54, 1.807) is 54.6 Å². The summed E-state index contributed by atoms with van der Waals surface area (Å²) in [4.78, 5) is 34.3. The number of allylic oxidation sites excluding steroid dienone is 4. The molecule has 4 rings (SSSR count). The third kappa shape index (κ3) is 5.00. The Balaban J connectivity index is 1.36. The van der Waals surface area contributed by atoms with E-state index < -0.39 is 11.9 Å². The monoisotopic (exact) mass is 410 g/mol. The number of hydrogen-bond donors (Lipinski definition) is 0. The van der Waals surface area contributed by atoms with Crippen molar-refractivity contribution in [3.63, 3.8) is 0 Å². The molecular weight excluding hydrogens is 392 g/mol. The molecule has 3 aromatic rings. The molecule has 152 valence electrons. The molecule has 3 aromatic carbocycles. The number of fused-ring (bicyclic) bond motifs is 1. The molecule has 0 saturated heterocycles. The van der Waals surface area contributed by atoms with Crippen molar-refractivity contribution in [3.05, 3.63) is 108 Å². The molecule has 6 nitrogen and oxygen atoms in total. The summed E-state index contributed by atoms with van der Waals surface area (Å²) in [7, 11) is 0. The summed E-state index contributed by atoms with van der Waals surface area (Å²) in [5.41, 5.74) is 2.66. The van der Waals surface area contributed by atoms with Crippen LogP contribution in [0.4, 0.5) is 0 Å². The summed E-state index contributed by atoms with van der Waals surface area (Å²) < 4.78 is 0. The zero-order chi connectivity index (χ0) is 21.6. The molecule has 6 heteroatoms. The number of aryl methyl sites for hydroxylation is 1. The maximum Gasteiger partial charge on any atom is 0.365 e. The Kier molecular flexibility index (Phi) is 5.80. The normalized spacial score (nSPS) is 12.5. The SMILES string of the molecule is Cc1cccc(C(=O)ON=C2C=CC(=NOC(=O)c3ccc4ccccc4c3)C=C2)c1. The molecule has 0 aliphatic heterocycles. The number of benzene rings is 3. The summed E-state index contributed by atoms with van der Waals surface area (Å²) in [6, 6.07) is 20.1. The van der Waals surface area contributed by atoms with Crippen molar-refractivity contribution in [3.8, 4) is 0 Å². The summed E-state index contributed by atoms with van der Waals surface area (Å²) in [5.74, 6) is -1.09. The fourth-order valence-corrected chi connectivity index (χ4v) is 2.96. The van der Waals surface area contributed by atoms with E-state index in [-0.39, 0.29) is 0 Å². The molecule has 0 fully saturated rings. The Morgan fingerprint density at radius 1 is 0.645 bits per heavy atom. The molecule has 1 aliphatic carbocycles. The van der Waals surface area contributed by atoms with E-state index in [0.29, 0.717) is 22.6 Å². The predicted octanol–water partition coefficient (Wildman–Crippen LogP) is 5.00. The third-order valence-corrected chi connectivity index (χ3v) is 4.56. The van der Waals surface area contributed by atoms with Gasteiger partial charge in [-0.05, 0) is 66.3 Å². The lowest BCUT2D eigenvalue weighted by Crippen LogP contribution is -2.07. The highest BCUT2D eigenvalue weighted by Gasteiger charge is 2.10. The van der Waals surface area contributed by atoms with Gasteiger partial charge in [-0.15, -0.1) is 0 Å². The Morgan fingerprint density at radius 2 is 1.23 bits per heavy atom. The number of oxime groups is 2. The van der Waals surface area contributed by atoms with Gasteiger partial charge in [0, 0.05) is 0 Å². The lowest BCUT2D eigenvalue weighted by atomic mass is 10.1. The van der Waals surface area contributed by atoms with Crippen molar-refractivity contribution in [1.82, 2.24) is 0 Å². The van der Waals surface area contributed by atoms with Gasteiger partial charge in [-0.3, -0.25) is 0 Å². The molecule has 0 N–H and O–H groups in total. The molecule has 0 heterocycles. The molecule has 0 spiro atoms. The van der Waals surface area contributed by atoms with E-state index in [1.165, 1.54) is 0 Å². The minimum Gasteiger partial charge on any atom is -0.312 e. The quantitative estimate of drug-likeness (QED) is 0.345. The topological polar surface area (TPSA) is 77.3 Å². The van der Waals surface area contributed by atoms with Crippen LogP contribution >= 0.6 is 0 Å². The fraction of sp³-hybridized carbons (Fsp3) is 0.0400. The molecule has 0 atom stereocenters. The van der Waals surface area contributed by atoms with Gasteiger partial charge in [0.2, 0.25) is 0 Å². The molecule has 0 radical (unpaired) electrons. The zero-order valence-corrected chi connectivity index (χ0v) is 16.7. The van der Waals surface area contributed by atoms with Crippen molar-refractivity contribution >= 4 is 34.1 Å². The van der Waals surface area contributed by atoms with E-state index in [0.717, 1.165) is 16.3 Å². The van der Waals surface area contributed by atoms with Gasteiger partial charge in [0.05, 0.1) is 11.1 Å². The maximum atomic E-state index is 12.3. The molecule has 0 amide bonds. The van der Waals surface area contributed by atoms with E-state index in [1.807, 2.05) is 43.3 Å². The van der Waals surface area contributed by atoms with Crippen LogP contribution < -0.4 is 0 Å². The van der Waals surface area contributed by atoms with Crippen LogP contribution in [0.5, 0.6) is 0 Å². The minimum absolute atomic E-state index is 0.414. The van der Waals surface area contributed by atoms with Gasteiger partial charge >= 0.3 is 11.9 Å². The van der Waals surface area contributed by atoms with Crippen LogP contribution in [0.15, 0.2) is 101 Å². The fourth-order valence-electron chi connectivity index (χ4n) is 2.96. The molecule has 0 bridgehead atoms. The van der Waals surface area contributed by atoms with Gasteiger partial charge < -0.3 is 9.68 Å². The standard InChI is InChI=1S/C25H18N2O4/c1-17-5-4-8-20(15-17)24(28)30-26-22-11-13-23(14-12-22)27-31-25(29)21-10-9-18-6-2-3-7-19(18)16-21/h2-16H,1H3. The highest BCUT2D eigenvalue weighted by Crippen LogP contribution is 2.16. The predicted molar refractivity (Wildman–Crippen MR) is 119 cm³/mol. The Labute approximate surface area is 178 Å². The second kappa shape index (κ2) is 9.00. The molecule has 0 saturated carbocycles. The van der Waals surface area contributed by atoms with Crippen molar-refractivity contribution < 1.29 is 19.3 Å². The summed E-state index contributed by atoms with van der Waals surface area (Å²) in [6.07, 6.45) is 6.42. The first-order valence-corrected chi connectivity index (χ1v) is 9.59. The second-order valence-corrected chi connectivity index (χ2v) is 6.89. The van der Waals surface area contributed by atoms with E-state index in [2.05, 4.69) is 10.3 Å². The van der Waals surface area contributed by atoms with Crippen LogP contribution in [-0.4, -0.2) is 23.4 Å². The van der Waals surface area contributed by atoms with E-state index in [4.69, 9.17) is 9.68 Å². The summed E-state index contributed by atoms with van der Waals surface area (Å²) >= 11 is 0. The average molecular weight is 410 g/mol. The molecule has 1 aliphatic rings. The zero-order valence-electron chi connectivity index (χ0n) is 16.7. The molecule has 0 unspecified atom stereocenters. The van der Waals surface area contributed by atoms with Crippen LogP contribution in [0.1, 0.15) is 26.3 Å². The van der Waals surface area contributed by atoms with Gasteiger partial charge in [-0.1, -0.05) is 58.3 Å². The van der Waals surface area contributed by atoms with Crippen molar-refractivity contribution in [2.45, 2.75) is 6.92 Å². The van der Waals surface area contributed by atoms with Crippen LogP contribution in [0, 0.1) is 6.92 Å². The smallest absolute Gasteiger partial charge is 0.312 e.